The summed E-state index contributed by atoms with van der Waals surface area (Å²) in [4.78, 5) is 4.12. The van der Waals surface area contributed by atoms with E-state index in [1.54, 1.807) is 12.4 Å². The lowest BCUT2D eigenvalue weighted by molar-refractivity contribution is 0.0764. The van der Waals surface area contributed by atoms with Gasteiger partial charge in [-0.15, -0.1) is 11.6 Å². The molecule has 1 atom stereocenters. The van der Waals surface area contributed by atoms with Crippen LogP contribution in [0.2, 0.25) is 0 Å². The summed E-state index contributed by atoms with van der Waals surface area (Å²) in [6, 6.07) is 11.5. The van der Waals surface area contributed by atoms with Gasteiger partial charge in [0.2, 0.25) is 0 Å². The molecule has 0 saturated carbocycles. The van der Waals surface area contributed by atoms with E-state index in [2.05, 4.69) is 4.98 Å². The monoisotopic (exact) mass is 261 g/mol. The van der Waals surface area contributed by atoms with Crippen molar-refractivity contribution in [3.63, 3.8) is 0 Å². The van der Waals surface area contributed by atoms with E-state index in [0.717, 1.165) is 16.7 Å². The molecule has 0 spiro atoms. The Morgan fingerprint density at radius 3 is 2.56 bits per heavy atom. The largest absolute Gasteiger partial charge is 0.380 e. The highest BCUT2D eigenvalue weighted by Gasteiger charge is 2.32. The first-order chi connectivity index (χ1) is 8.68. The lowest BCUT2D eigenvalue weighted by Gasteiger charge is -2.29. The molecule has 1 aromatic carbocycles. The molecule has 1 N–H and O–H groups in total. The van der Waals surface area contributed by atoms with Crippen molar-refractivity contribution in [2.45, 2.75) is 18.9 Å². The molecule has 0 fully saturated rings. The molecule has 0 aliphatic heterocycles. The first kappa shape index (κ1) is 13.1. The van der Waals surface area contributed by atoms with E-state index in [1.807, 2.05) is 43.3 Å². The molecule has 0 radical (unpaired) electrons. The quantitative estimate of drug-likeness (QED) is 0.857. The Hall–Kier alpha value is -1.38. The van der Waals surface area contributed by atoms with Crippen molar-refractivity contribution in [3.05, 3.63) is 65.5 Å². The second-order valence-corrected chi connectivity index (χ2v) is 4.73. The van der Waals surface area contributed by atoms with Crippen molar-refractivity contribution >= 4 is 11.6 Å². The topological polar surface area (TPSA) is 33.1 Å². The fourth-order valence-corrected chi connectivity index (χ4v) is 2.46. The number of aliphatic hydroxyl groups is 1. The third kappa shape index (κ3) is 2.40. The minimum Gasteiger partial charge on any atom is -0.380 e. The molecule has 3 heteroatoms. The summed E-state index contributed by atoms with van der Waals surface area (Å²) < 4.78 is 0. The fraction of sp³-hybridized carbons (Fsp3) is 0.267. The van der Waals surface area contributed by atoms with Gasteiger partial charge in [0.15, 0.2) is 0 Å². The van der Waals surface area contributed by atoms with Crippen LogP contribution in [0.1, 0.15) is 23.1 Å². The average molecular weight is 262 g/mol. The highest BCUT2D eigenvalue weighted by atomic mass is 35.5. The van der Waals surface area contributed by atoms with Gasteiger partial charge in [0.05, 0.1) is 0 Å². The van der Waals surface area contributed by atoms with Crippen molar-refractivity contribution in [3.8, 4) is 0 Å². The summed E-state index contributed by atoms with van der Waals surface area (Å²) in [5.74, 6) is 0.389. The third-order valence-corrected chi connectivity index (χ3v) is 3.38. The molecule has 18 heavy (non-hydrogen) atoms. The molecule has 0 aliphatic carbocycles. The summed E-state index contributed by atoms with van der Waals surface area (Å²) in [6.07, 6.45) is 3.91. The summed E-state index contributed by atoms with van der Waals surface area (Å²) in [7, 11) is 0. The number of benzene rings is 1. The summed E-state index contributed by atoms with van der Waals surface area (Å²) in [5, 5.41) is 11.0. The predicted molar refractivity (Wildman–Crippen MR) is 73.8 cm³/mol. The number of rotatable bonds is 4. The van der Waals surface area contributed by atoms with Crippen molar-refractivity contribution in [2.24, 2.45) is 0 Å². The molecule has 1 aromatic heterocycles. The van der Waals surface area contributed by atoms with Crippen LogP contribution in [0, 0.1) is 6.92 Å². The number of aryl methyl sites for hydroxylation is 1. The number of alkyl halides is 1. The number of aromatic nitrogens is 1. The van der Waals surface area contributed by atoms with Crippen LogP contribution in [0.4, 0.5) is 0 Å². The van der Waals surface area contributed by atoms with E-state index in [9.17, 15) is 5.11 Å². The maximum Gasteiger partial charge on any atom is 0.117 e. The Morgan fingerprint density at radius 2 is 1.94 bits per heavy atom. The standard InChI is InChI=1S/C15H16ClNO/c1-12-7-10-17-11-14(12)15(18,8-9-16)13-5-3-2-4-6-13/h2-7,10-11,18H,8-9H2,1H3. The Kier molecular flexibility index (Phi) is 4.00. The molecule has 94 valence electrons. The van der Waals surface area contributed by atoms with E-state index in [4.69, 9.17) is 11.6 Å². The Labute approximate surface area is 112 Å². The predicted octanol–water partition coefficient (Wildman–Crippen LogP) is 3.25. The molecule has 2 aromatic rings. The molecular weight excluding hydrogens is 246 g/mol. The molecule has 2 rings (SSSR count). The van der Waals surface area contributed by atoms with Gasteiger partial charge in [0.1, 0.15) is 5.60 Å². The van der Waals surface area contributed by atoms with E-state index in [-0.39, 0.29) is 0 Å². The number of hydrogen-bond donors (Lipinski definition) is 1. The Morgan fingerprint density at radius 1 is 1.22 bits per heavy atom. The van der Waals surface area contributed by atoms with Gasteiger partial charge in [0, 0.05) is 23.8 Å². The SMILES string of the molecule is Cc1ccncc1C(O)(CCCl)c1ccccc1. The van der Waals surface area contributed by atoms with Crippen LogP contribution in [-0.2, 0) is 5.60 Å². The summed E-state index contributed by atoms with van der Waals surface area (Å²) in [6.45, 7) is 1.97. The smallest absolute Gasteiger partial charge is 0.117 e. The lowest BCUT2D eigenvalue weighted by atomic mass is 9.83. The lowest BCUT2D eigenvalue weighted by Crippen LogP contribution is -2.29. The van der Waals surface area contributed by atoms with Gasteiger partial charge in [-0.25, -0.2) is 0 Å². The average Bonchev–Trinajstić information content (AvgIpc) is 2.40. The minimum absolute atomic E-state index is 0.389. The summed E-state index contributed by atoms with van der Waals surface area (Å²) in [5.41, 5.74) is 1.61. The first-order valence-electron chi connectivity index (χ1n) is 5.93. The summed E-state index contributed by atoms with van der Waals surface area (Å²) >= 11 is 5.86. The highest BCUT2D eigenvalue weighted by Crippen LogP contribution is 2.34. The Bertz CT molecular complexity index is 515. The maximum atomic E-state index is 11.0. The molecule has 1 heterocycles. The molecule has 0 amide bonds. The molecule has 0 bridgehead atoms. The van der Waals surface area contributed by atoms with E-state index in [1.165, 1.54) is 0 Å². The third-order valence-electron chi connectivity index (χ3n) is 3.19. The van der Waals surface area contributed by atoms with Crippen LogP contribution in [0.3, 0.4) is 0 Å². The van der Waals surface area contributed by atoms with Crippen LogP contribution < -0.4 is 0 Å². The van der Waals surface area contributed by atoms with Crippen LogP contribution in [0.25, 0.3) is 0 Å². The second kappa shape index (κ2) is 5.51. The molecule has 0 aliphatic rings. The van der Waals surface area contributed by atoms with E-state index in [0.29, 0.717) is 12.3 Å². The highest BCUT2D eigenvalue weighted by molar-refractivity contribution is 6.17. The van der Waals surface area contributed by atoms with Gasteiger partial charge in [0.25, 0.3) is 0 Å². The molecule has 0 saturated heterocycles. The molecular formula is C15H16ClNO. The van der Waals surface area contributed by atoms with E-state index < -0.39 is 5.60 Å². The van der Waals surface area contributed by atoms with Crippen molar-refractivity contribution in [2.75, 3.05) is 5.88 Å². The Balaban J connectivity index is 2.55. The maximum absolute atomic E-state index is 11.0. The fourth-order valence-electron chi connectivity index (χ4n) is 2.18. The zero-order valence-corrected chi connectivity index (χ0v) is 11.1. The molecule has 2 nitrogen and oxygen atoms in total. The minimum atomic E-state index is -1.07. The van der Waals surface area contributed by atoms with Crippen molar-refractivity contribution in [1.82, 2.24) is 4.98 Å². The van der Waals surface area contributed by atoms with Crippen LogP contribution >= 0.6 is 11.6 Å². The zero-order valence-electron chi connectivity index (χ0n) is 10.3. The van der Waals surface area contributed by atoms with Crippen molar-refractivity contribution < 1.29 is 5.11 Å². The van der Waals surface area contributed by atoms with Gasteiger partial charge >= 0.3 is 0 Å². The van der Waals surface area contributed by atoms with E-state index >= 15 is 0 Å². The van der Waals surface area contributed by atoms with Gasteiger partial charge < -0.3 is 5.11 Å². The van der Waals surface area contributed by atoms with Crippen LogP contribution in [0.5, 0.6) is 0 Å². The second-order valence-electron chi connectivity index (χ2n) is 4.36. The number of hydrogen-bond acceptors (Lipinski definition) is 2. The first-order valence-corrected chi connectivity index (χ1v) is 6.47. The van der Waals surface area contributed by atoms with Gasteiger partial charge in [-0.1, -0.05) is 30.3 Å². The number of pyridine rings is 1. The zero-order chi connectivity index (χ0) is 13.0. The number of nitrogens with zero attached hydrogens (tertiary/aromatic N) is 1. The van der Waals surface area contributed by atoms with Gasteiger partial charge in [-0.3, -0.25) is 4.98 Å². The number of halogens is 1. The molecule has 1 unspecified atom stereocenters. The van der Waals surface area contributed by atoms with Gasteiger partial charge in [-0.2, -0.15) is 0 Å². The van der Waals surface area contributed by atoms with Crippen LogP contribution in [0.15, 0.2) is 48.8 Å². The normalized spacial score (nSPS) is 14.2. The van der Waals surface area contributed by atoms with Crippen molar-refractivity contribution in [1.29, 1.82) is 0 Å². The van der Waals surface area contributed by atoms with Crippen LogP contribution in [-0.4, -0.2) is 16.0 Å². The van der Waals surface area contributed by atoms with Gasteiger partial charge in [-0.05, 0) is 30.5 Å².